The van der Waals surface area contributed by atoms with E-state index in [1.807, 2.05) is 0 Å². The molecule has 5 nitrogen and oxygen atoms in total. The third kappa shape index (κ3) is 2.15. The normalized spacial score (nSPS) is 16.8. The van der Waals surface area contributed by atoms with Crippen LogP contribution in [-0.4, -0.2) is 17.1 Å². The van der Waals surface area contributed by atoms with Gasteiger partial charge in [0.1, 0.15) is 6.04 Å². The van der Waals surface area contributed by atoms with Gasteiger partial charge in [-0.05, 0) is 25.7 Å². The lowest BCUT2D eigenvalue weighted by atomic mass is 10.2. The van der Waals surface area contributed by atoms with Gasteiger partial charge in [0.05, 0.1) is 11.8 Å². The zero-order chi connectivity index (χ0) is 10.8. The van der Waals surface area contributed by atoms with Crippen LogP contribution in [0.5, 0.6) is 0 Å². The molecule has 1 unspecified atom stereocenters. The first kappa shape index (κ1) is 9.71. The second-order valence-corrected chi connectivity index (χ2v) is 3.75. The zero-order valence-corrected chi connectivity index (χ0v) is 8.36. The average molecular weight is 205 g/mol. The number of hydrogen-bond donors (Lipinski definition) is 1. The second kappa shape index (κ2) is 3.73. The number of aryl methyl sites for hydroxylation is 1. The summed E-state index contributed by atoms with van der Waals surface area (Å²) in [5.41, 5.74) is 0.653. The first-order chi connectivity index (χ1) is 7.20. The van der Waals surface area contributed by atoms with Gasteiger partial charge in [0, 0.05) is 6.07 Å². The first-order valence-electron chi connectivity index (χ1n) is 4.84. The third-order valence-corrected chi connectivity index (χ3v) is 2.37. The van der Waals surface area contributed by atoms with Crippen LogP contribution in [0, 0.1) is 24.2 Å². The minimum absolute atomic E-state index is 0.161. The summed E-state index contributed by atoms with van der Waals surface area (Å²) in [5.74, 6) is 0.102. The highest BCUT2D eigenvalue weighted by Crippen LogP contribution is 2.32. The maximum Gasteiger partial charge on any atom is 0.290 e. The smallest absolute Gasteiger partial charge is 0.290 e. The summed E-state index contributed by atoms with van der Waals surface area (Å²) in [5, 5.41) is 15.1. The van der Waals surface area contributed by atoms with Gasteiger partial charge in [-0.1, -0.05) is 5.16 Å². The molecule has 0 aliphatic heterocycles. The molecular weight excluding hydrogens is 194 g/mol. The van der Waals surface area contributed by atoms with Gasteiger partial charge >= 0.3 is 0 Å². The molecule has 1 fully saturated rings. The Morgan fingerprint density at radius 1 is 1.80 bits per heavy atom. The Kier molecular flexibility index (Phi) is 2.42. The van der Waals surface area contributed by atoms with Gasteiger partial charge in [0.2, 0.25) is 5.76 Å². The molecule has 1 heterocycles. The number of nitrogens with zero attached hydrogens (tertiary/aromatic N) is 2. The van der Waals surface area contributed by atoms with Crippen LogP contribution < -0.4 is 5.32 Å². The maximum atomic E-state index is 11.6. The first-order valence-corrected chi connectivity index (χ1v) is 4.84. The topological polar surface area (TPSA) is 78.9 Å². The Morgan fingerprint density at radius 2 is 2.53 bits per heavy atom. The van der Waals surface area contributed by atoms with Gasteiger partial charge in [-0.15, -0.1) is 0 Å². The van der Waals surface area contributed by atoms with E-state index < -0.39 is 6.04 Å². The molecule has 78 valence electrons. The van der Waals surface area contributed by atoms with Gasteiger partial charge in [-0.2, -0.15) is 5.26 Å². The summed E-state index contributed by atoms with van der Waals surface area (Å²) in [6, 6.07) is 3.23. The van der Waals surface area contributed by atoms with Crippen LogP contribution in [0.1, 0.15) is 29.1 Å². The van der Waals surface area contributed by atoms with Crippen molar-refractivity contribution in [2.75, 3.05) is 0 Å². The molecule has 1 aliphatic carbocycles. The van der Waals surface area contributed by atoms with Crippen LogP contribution in [0.15, 0.2) is 10.6 Å². The van der Waals surface area contributed by atoms with Crippen molar-refractivity contribution in [2.45, 2.75) is 25.8 Å². The van der Waals surface area contributed by atoms with Crippen molar-refractivity contribution in [1.29, 1.82) is 5.26 Å². The van der Waals surface area contributed by atoms with Crippen molar-refractivity contribution < 1.29 is 9.32 Å². The van der Waals surface area contributed by atoms with Crippen molar-refractivity contribution >= 4 is 5.91 Å². The van der Waals surface area contributed by atoms with E-state index in [0.717, 1.165) is 12.8 Å². The van der Waals surface area contributed by atoms with E-state index in [0.29, 0.717) is 11.6 Å². The zero-order valence-electron chi connectivity index (χ0n) is 8.36. The van der Waals surface area contributed by atoms with Crippen molar-refractivity contribution in [1.82, 2.24) is 10.5 Å². The highest BCUT2D eigenvalue weighted by Gasteiger charge is 2.33. The van der Waals surface area contributed by atoms with Crippen molar-refractivity contribution in [2.24, 2.45) is 5.92 Å². The summed E-state index contributed by atoms with van der Waals surface area (Å²) < 4.78 is 4.80. The standard InChI is InChI=1S/C10H11N3O2/c1-6-4-9(15-13-6)10(14)12-8(5-11)7-2-3-7/h4,7-8H,2-3H2,1H3,(H,12,14). The predicted molar refractivity (Wildman–Crippen MR) is 50.8 cm³/mol. The van der Waals surface area contributed by atoms with Gasteiger partial charge in [0.15, 0.2) is 0 Å². The predicted octanol–water partition coefficient (Wildman–Crippen LogP) is 1.02. The number of nitriles is 1. The summed E-state index contributed by atoms with van der Waals surface area (Å²) in [4.78, 5) is 11.6. The molecule has 0 bridgehead atoms. The van der Waals surface area contributed by atoms with E-state index in [9.17, 15) is 4.79 Å². The van der Waals surface area contributed by atoms with Gasteiger partial charge in [0.25, 0.3) is 5.91 Å². The van der Waals surface area contributed by atoms with Crippen LogP contribution in [0.4, 0.5) is 0 Å². The van der Waals surface area contributed by atoms with Crippen LogP contribution in [0.2, 0.25) is 0 Å². The monoisotopic (exact) mass is 205 g/mol. The highest BCUT2D eigenvalue weighted by molar-refractivity contribution is 5.91. The van der Waals surface area contributed by atoms with Crippen LogP contribution in [-0.2, 0) is 0 Å². The number of aromatic nitrogens is 1. The fourth-order valence-electron chi connectivity index (χ4n) is 1.37. The van der Waals surface area contributed by atoms with Crippen LogP contribution in [0.25, 0.3) is 0 Å². The fourth-order valence-corrected chi connectivity index (χ4v) is 1.37. The number of carbonyl (C=O) groups is 1. The van der Waals surface area contributed by atoms with E-state index in [-0.39, 0.29) is 11.7 Å². The molecule has 1 saturated carbocycles. The molecule has 15 heavy (non-hydrogen) atoms. The molecule has 1 aliphatic rings. The molecule has 5 heteroatoms. The van der Waals surface area contributed by atoms with Crippen LogP contribution >= 0.6 is 0 Å². The highest BCUT2D eigenvalue weighted by atomic mass is 16.5. The lowest BCUT2D eigenvalue weighted by Gasteiger charge is -2.07. The molecule has 1 aromatic heterocycles. The molecule has 2 rings (SSSR count). The quantitative estimate of drug-likeness (QED) is 0.798. The Balaban J connectivity index is 2.00. The Labute approximate surface area is 87.0 Å². The van der Waals surface area contributed by atoms with Crippen LogP contribution in [0.3, 0.4) is 0 Å². The van der Waals surface area contributed by atoms with Gasteiger partial charge in [-0.3, -0.25) is 4.79 Å². The summed E-state index contributed by atoms with van der Waals surface area (Å²) >= 11 is 0. The minimum atomic E-state index is -0.400. The molecule has 0 spiro atoms. The molecular formula is C10H11N3O2. The fraction of sp³-hybridized carbons (Fsp3) is 0.500. The van der Waals surface area contributed by atoms with Crippen molar-refractivity contribution in [3.63, 3.8) is 0 Å². The lowest BCUT2D eigenvalue weighted by molar-refractivity contribution is 0.0904. The Bertz CT molecular complexity index is 415. The molecule has 1 N–H and O–H groups in total. The maximum absolute atomic E-state index is 11.6. The van der Waals surface area contributed by atoms with E-state index in [4.69, 9.17) is 9.78 Å². The molecule has 0 radical (unpaired) electrons. The summed E-state index contributed by atoms with van der Waals surface area (Å²) in [6.07, 6.45) is 2.02. The molecule has 0 aromatic carbocycles. The Morgan fingerprint density at radius 3 is 3.00 bits per heavy atom. The SMILES string of the molecule is Cc1cc(C(=O)NC(C#N)C2CC2)on1. The molecule has 1 amide bonds. The number of hydrogen-bond acceptors (Lipinski definition) is 4. The largest absolute Gasteiger partial charge is 0.351 e. The van der Waals surface area contributed by atoms with E-state index >= 15 is 0 Å². The van der Waals surface area contributed by atoms with E-state index in [2.05, 4.69) is 16.5 Å². The van der Waals surface area contributed by atoms with Gasteiger partial charge in [-0.25, -0.2) is 0 Å². The third-order valence-electron chi connectivity index (χ3n) is 2.37. The minimum Gasteiger partial charge on any atom is -0.351 e. The van der Waals surface area contributed by atoms with Gasteiger partial charge < -0.3 is 9.84 Å². The lowest BCUT2D eigenvalue weighted by Crippen LogP contribution is -2.35. The summed E-state index contributed by atoms with van der Waals surface area (Å²) in [7, 11) is 0. The number of carbonyl (C=O) groups excluding carboxylic acids is 1. The van der Waals surface area contributed by atoms with Crippen molar-refractivity contribution in [3.8, 4) is 6.07 Å². The molecule has 1 atom stereocenters. The Hall–Kier alpha value is -1.83. The van der Waals surface area contributed by atoms with E-state index in [1.54, 1.807) is 13.0 Å². The summed E-state index contributed by atoms with van der Waals surface area (Å²) in [6.45, 7) is 1.74. The molecule has 0 saturated heterocycles. The molecule has 1 aromatic rings. The number of amides is 1. The average Bonchev–Trinajstić information content (AvgIpc) is 2.97. The van der Waals surface area contributed by atoms with Crippen molar-refractivity contribution in [3.05, 3.63) is 17.5 Å². The number of rotatable bonds is 3. The second-order valence-electron chi connectivity index (χ2n) is 3.75. The number of nitrogens with one attached hydrogen (secondary N) is 1. The van der Waals surface area contributed by atoms with E-state index in [1.165, 1.54) is 0 Å².